The lowest BCUT2D eigenvalue weighted by atomic mass is 9.92. The fourth-order valence-corrected chi connectivity index (χ4v) is 1.89. The molecule has 0 fully saturated rings. The van der Waals surface area contributed by atoms with Gasteiger partial charge in [-0.25, -0.2) is 4.98 Å². The van der Waals surface area contributed by atoms with Gasteiger partial charge in [-0.3, -0.25) is 9.48 Å². The number of nitrogens with zero attached hydrogens (tertiary/aromatic N) is 3. The molecule has 2 aromatic rings. The van der Waals surface area contributed by atoms with Gasteiger partial charge in [0.1, 0.15) is 5.69 Å². The average Bonchev–Trinajstić information content (AvgIpc) is 2.76. The minimum Gasteiger partial charge on any atom is -0.305 e. The maximum Gasteiger partial charge on any atom is 0.251 e. The quantitative estimate of drug-likeness (QED) is 0.921. The molecule has 0 radical (unpaired) electrons. The number of aromatic nitrogens is 4. The van der Waals surface area contributed by atoms with Crippen LogP contribution < -0.4 is 5.56 Å². The highest BCUT2D eigenvalue weighted by atomic mass is 16.1. The Hall–Kier alpha value is -1.91. The van der Waals surface area contributed by atoms with E-state index in [9.17, 15) is 4.79 Å². The van der Waals surface area contributed by atoms with Gasteiger partial charge in [-0.05, 0) is 12.5 Å². The van der Waals surface area contributed by atoms with E-state index in [0.29, 0.717) is 5.82 Å². The molecule has 0 saturated carbocycles. The van der Waals surface area contributed by atoms with E-state index in [-0.39, 0.29) is 11.0 Å². The van der Waals surface area contributed by atoms with Gasteiger partial charge in [0.2, 0.25) is 0 Å². The predicted octanol–water partition coefficient (Wildman–Crippen LogP) is 2.34. The minimum absolute atomic E-state index is 0.126. The lowest BCUT2D eigenvalue weighted by Crippen LogP contribution is -2.20. The van der Waals surface area contributed by atoms with Crippen LogP contribution in [-0.4, -0.2) is 19.7 Å². The van der Waals surface area contributed by atoms with Crippen LogP contribution in [0.15, 0.2) is 23.1 Å². The molecule has 0 bridgehead atoms. The van der Waals surface area contributed by atoms with E-state index >= 15 is 0 Å². The molecule has 0 aromatic carbocycles. The summed E-state index contributed by atoms with van der Waals surface area (Å²) in [4.78, 5) is 19.2. The van der Waals surface area contributed by atoms with Crippen LogP contribution in [-0.2, 0) is 12.0 Å². The molecule has 2 aromatic heterocycles. The molecule has 0 saturated heterocycles. The van der Waals surface area contributed by atoms with Crippen molar-refractivity contribution in [1.82, 2.24) is 19.7 Å². The molecule has 0 aliphatic carbocycles. The standard InChI is InChI=1S/C14H20N4O/c1-5-8-18-10(6-7-15-18)13-16-11(14(2,3)4)9-12(19)17-13/h6-7,9H,5,8H2,1-4H3,(H,16,17,19). The topological polar surface area (TPSA) is 63.6 Å². The van der Waals surface area contributed by atoms with Gasteiger partial charge in [0, 0.05) is 24.2 Å². The van der Waals surface area contributed by atoms with Crippen molar-refractivity contribution in [2.75, 3.05) is 0 Å². The zero-order chi connectivity index (χ0) is 14.0. The van der Waals surface area contributed by atoms with Crippen LogP contribution in [0, 0.1) is 0 Å². The SMILES string of the molecule is CCCn1nccc1-c1nc(C(C)(C)C)cc(=O)[nH]1. The number of aromatic amines is 1. The van der Waals surface area contributed by atoms with Crippen molar-refractivity contribution in [2.24, 2.45) is 0 Å². The molecule has 0 amide bonds. The number of hydrogen-bond donors (Lipinski definition) is 1. The molecule has 0 spiro atoms. The summed E-state index contributed by atoms with van der Waals surface area (Å²) >= 11 is 0. The number of hydrogen-bond acceptors (Lipinski definition) is 3. The summed E-state index contributed by atoms with van der Waals surface area (Å²) in [6.07, 6.45) is 2.71. The molecule has 19 heavy (non-hydrogen) atoms. The van der Waals surface area contributed by atoms with Crippen LogP contribution in [0.2, 0.25) is 0 Å². The highest BCUT2D eigenvalue weighted by Gasteiger charge is 2.18. The molecule has 5 nitrogen and oxygen atoms in total. The summed E-state index contributed by atoms with van der Waals surface area (Å²) in [5, 5.41) is 4.26. The van der Waals surface area contributed by atoms with Gasteiger partial charge in [0.15, 0.2) is 5.82 Å². The smallest absolute Gasteiger partial charge is 0.251 e. The van der Waals surface area contributed by atoms with Crippen LogP contribution in [0.5, 0.6) is 0 Å². The molecule has 1 N–H and O–H groups in total. The second-order valence-corrected chi connectivity index (χ2v) is 5.67. The first kappa shape index (κ1) is 13.5. The van der Waals surface area contributed by atoms with Crippen molar-refractivity contribution >= 4 is 0 Å². The van der Waals surface area contributed by atoms with E-state index in [1.807, 2.05) is 31.5 Å². The number of aryl methyl sites for hydroxylation is 1. The molecule has 0 aliphatic rings. The van der Waals surface area contributed by atoms with E-state index in [2.05, 4.69) is 22.0 Å². The zero-order valence-electron chi connectivity index (χ0n) is 11.9. The maximum atomic E-state index is 11.8. The van der Waals surface area contributed by atoms with Crippen LogP contribution >= 0.6 is 0 Å². The van der Waals surface area contributed by atoms with Gasteiger partial charge in [-0.2, -0.15) is 5.10 Å². The first-order valence-electron chi connectivity index (χ1n) is 6.56. The number of rotatable bonds is 3. The van der Waals surface area contributed by atoms with Gasteiger partial charge in [-0.15, -0.1) is 0 Å². The highest BCUT2D eigenvalue weighted by Crippen LogP contribution is 2.21. The summed E-state index contributed by atoms with van der Waals surface area (Å²) < 4.78 is 1.87. The minimum atomic E-state index is -0.154. The Balaban J connectivity index is 2.53. The number of nitrogens with one attached hydrogen (secondary N) is 1. The Labute approximate surface area is 112 Å². The summed E-state index contributed by atoms with van der Waals surface area (Å²) in [6, 6.07) is 3.43. The molecule has 102 valence electrons. The Bertz CT molecular complexity index is 619. The van der Waals surface area contributed by atoms with E-state index in [1.54, 1.807) is 12.3 Å². The molecular formula is C14H20N4O. The van der Waals surface area contributed by atoms with E-state index in [1.165, 1.54) is 0 Å². The van der Waals surface area contributed by atoms with E-state index in [0.717, 1.165) is 24.4 Å². The summed E-state index contributed by atoms with van der Waals surface area (Å²) in [5.41, 5.74) is 1.36. The third-order valence-corrected chi connectivity index (χ3v) is 2.90. The lowest BCUT2D eigenvalue weighted by molar-refractivity contribution is 0.564. The first-order valence-corrected chi connectivity index (χ1v) is 6.56. The van der Waals surface area contributed by atoms with Crippen LogP contribution in [0.4, 0.5) is 0 Å². The Morgan fingerprint density at radius 2 is 2.11 bits per heavy atom. The van der Waals surface area contributed by atoms with E-state index < -0.39 is 0 Å². The van der Waals surface area contributed by atoms with Crippen LogP contribution in [0.1, 0.15) is 39.8 Å². The molecule has 0 unspecified atom stereocenters. The molecule has 2 heterocycles. The maximum absolute atomic E-state index is 11.8. The van der Waals surface area contributed by atoms with Crippen molar-refractivity contribution in [3.63, 3.8) is 0 Å². The molecule has 2 rings (SSSR count). The van der Waals surface area contributed by atoms with Crippen molar-refractivity contribution in [3.8, 4) is 11.5 Å². The van der Waals surface area contributed by atoms with Gasteiger partial charge in [0.25, 0.3) is 5.56 Å². The zero-order valence-corrected chi connectivity index (χ0v) is 11.9. The third-order valence-electron chi connectivity index (χ3n) is 2.90. The monoisotopic (exact) mass is 260 g/mol. The summed E-state index contributed by atoms with van der Waals surface area (Å²) in [7, 11) is 0. The fourth-order valence-electron chi connectivity index (χ4n) is 1.89. The normalized spacial score (nSPS) is 11.8. The Morgan fingerprint density at radius 1 is 1.37 bits per heavy atom. The first-order chi connectivity index (χ1) is 8.91. The van der Waals surface area contributed by atoms with Crippen LogP contribution in [0.3, 0.4) is 0 Å². The van der Waals surface area contributed by atoms with Crippen molar-refractivity contribution in [1.29, 1.82) is 0 Å². The van der Waals surface area contributed by atoms with Gasteiger partial charge < -0.3 is 4.98 Å². The summed E-state index contributed by atoms with van der Waals surface area (Å²) in [6.45, 7) is 9.03. The number of H-pyrrole nitrogens is 1. The average molecular weight is 260 g/mol. The predicted molar refractivity (Wildman–Crippen MR) is 75.1 cm³/mol. The van der Waals surface area contributed by atoms with Crippen molar-refractivity contribution in [3.05, 3.63) is 34.4 Å². The molecular weight excluding hydrogens is 240 g/mol. The molecule has 5 heteroatoms. The highest BCUT2D eigenvalue weighted by molar-refractivity contribution is 5.49. The molecule has 0 atom stereocenters. The van der Waals surface area contributed by atoms with Crippen molar-refractivity contribution in [2.45, 2.75) is 46.1 Å². The van der Waals surface area contributed by atoms with Gasteiger partial charge in [0.05, 0.1) is 5.69 Å². The van der Waals surface area contributed by atoms with Gasteiger partial charge >= 0.3 is 0 Å². The second-order valence-electron chi connectivity index (χ2n) is 5.67. The third kappa shape index (κ3) is 2.92. The van der Waals surface area contributed by atoms with Gasteiger partial charge in [-0.1, -0.05) is 27.7 Å². The summed E-state index contributed by atoms with van der Waals surface area (Å²) in [5.74, 6) is 0.586. The van der Waals surface area contributed by atoms with Crippen LogP contribution in [0.25, 0.3) is 11.5 Å². The molecule has 0 aliphatic heterocycles. The fraction of sp³-hybridized carbons (Fsp3) is 0.500. The Kier molecular flexibility index (Phi) is 3.55. The Morgan fingerprint density at radius 3 is 2.74 bits per heavy atom. The van der Waals surface area contributed by atoms with Crippen molar-refractivity contribution < 1.29 is 0 Å². The largest absolute Gasteiger partial charge is 0.305 e. The second kappa shape index (κ2) is 4.99. The van der Waals surface area contributed by atoms with E-state index in [4.69, 9.17) is 0 Å². The lowest BCUT2D eigenvalue weighted by Gasteiger charge is -2.18.